The molecule has 3 rings (SSSR count). The number of carboxylic acid groups (broad SMARTS) is 1. The Morgan fingerprint density at radius 1 is 1.41 bits per heavy atom. The van der Waals surface area contributed by atoms with Crippen LogP contribution >= 0.6 is 0 Å². The largest absolute Gasteiger partial charge is 0.480 e. The van der Waals surface area contributed by atoms with E-state index in [0.717, 1.165) is 28.6 Å². The Kier molecular flexibility index (Phi) is 2.03. The predicted octanol–water partition coefficient (Wildman–Crippen LogP) is 1.61. The number of aromatic nitrogens is 1. The number of hydrogen-bond acceptors (Lipinski definition) is 2. The van der Waals surface area contributed by atoms with E-state index < -0.39 is 11.5 Å². The molecule has 88 valence electrons. The van der Waals surface area contributed by atoms with Crippen LogP contribution in [0.25, 0.3) is 10.9 Å². The highest BCUT2D eigenvalue weighted by atomic mass is 16.4. The third-order valence-electron chi connectivity index (χ3n) is 3.57. The van der Waals surface area contributed by atoms with Crippen molar-refractivity contribution >= 4 is 16.9 Å². The van der Waals surface area contributed by atoms with Crippen molar-refractivity contribution < 1.29 is 9.90 Å². The van der Waals surface area contributed by atoms with Crippen molar-refractivity contribution in [3.8, 4) is 0 Å². The third-order valence-corrected chi connectivity index (χ3v) is 3.57. The van der Waals surface area contributed by atoms with E-state index in [2.05, 4.69) is 10.3 Å². The third kappa shape index (κ3) is 1.31. The number of benzene rings is 1. The minimum atomic E-state index is -0.993. The highest BCUT2D eigenvalue weighted by Crippen LogP contribution is 2.35. The van der Waals surface area contributed by atoms with E-state index in [0.29, 0.717) is 6.54 Å². The molecule has 0 aliphatic carbocycles. The number of aromatic amines is 1. The second-order valence-corrected chi connectivity index (χ2v) is 4.63. The van der Waals surface area contributed by atoms with E-state index in [9.17, 15) is 9.90 Å². The summed E-state index contributed by atoms with van der Waals surface area (Å²) in [7, 11) is 0. The molecule has 4 heteroatoms. The zero-order valence-corrected chi connectivity index (χ0v) is 9.58. The smallest absolute Gasteiger partial charge is 0.328 e. The summed E-state index contributed by atoms with van der Waals surface area (Å²) in [6.07, 6.45) is 0.840. The second-order valence-electron chi connectivity index (χ2n) is 4.63. The first-order chi connectivity index (χ1) is 8.13. The Morgan fingerprint density at radius 2 is 2.18 bits per heavy atom. The monoisotopic (exact) mass is 230 g/mol. The van der Waals surface area contributed by atoms with E-state index >= 15 is 0 Å². The molecular weight excluding hydrogens is 216 g/mol. The molecule has 1 aliphatic rings. The molecule has 4 nitrogen and oxygen atoms in total. The summed E-state index contributed by atoms with van der Waals surface area (Å²) in [4.78, 5) is 14.8. The number of H-pyrrole nitrogens is 1. The molecule has 0 spiro atoms. The Labute approximate surface area is 98.6 Å². The number of para-hydroxylation sites is 1. The summed E-state index contributed by atoms with van der Waals surface area (Å²) in [6, 6.07) is 7.85. The van der Waals surface area contributed by atoms with Crippen LogP contribution in [-0.2, 0) is 16.8 Å². The molecular formula is C13H14N2O2. The summed E-state index contributed by atoms with van der Waals surface area (Å²) >= 11 is 0. The Bertz CT molecular complexity index is 602. The molecule has 0 radical (unpaired) electrons. The fourth-order valence-electron chi connectivity index (χ4n) is 2.66. The zero-order chi connectivity index (χ0) is 12.0. The van der Waals surface area contributed by atoms with Crippen LogP contribution in [0.4, 0.5) is 0 Å². The van der Waals surface area contributed by atoms with E-state index in [1.807, 2.05) is 24.3 Å². The molecule has 1 atom stereocenters. The lowest BCUT2D eigenvalue weighted by molar-refractivity contribution is -0.144. The lowest BCUT2D eigenvalue weighted by atomic mass is 9.86. The molecule has 0 fully saturated rings. The number of fused-ring (bicyclic) bond motifs is 3. The van der Waals surface area contributed by atoms with Gasteiger partial charge in [0.05, 0.1) is 0 Å². The number of hydrogen-bond donors (Lipinski definition) is 3. The summed E-state index contributed by atoms with van der Waals surface area (Å²) in [5.41, 5.74) is 1.93. The van der Waals surface area contributed by atoms with Gasteiger partial charge in [0.1, 0.15) is 5.54 Å². The van der Waals surface area contributed by atoms with Crippen molar-refractivity contribution in [2.75, 3.05) is 6.54 Å². The SMILES string of the molecule is CC1(C(=O)O)NCCc2[nH]c3ccccc3c21. The van der Waals surface area contributed by atoms with Gasteiger partial charge in [-0.2, -0.15) is 0 Å². The second kappa shape index (κ2) is 3.34. The molecule has 0 bridgehead atoms. The fourth-order valence-corrected chi connectivity index (χ4v) is 2.66. The van der Waals surface area contributed by atoms with Crippen LogP contribution in [0.2, 0.25) is 0 Å². The van der Waals surface area contributed by atoms with E-state index in [-0.39, 0.29) is 0 Å². The summed E-state index contributed by atoms with van der Waals surface area (Å²) in [5.74, 6) is -0.830. The topological polar surface area (TPSA) is 65.1 Å². The van der Waals surface area contributed by atoms with Gasteiger partial charge in [0.2, 0.25) is 0 Å². The molecule has 2 aromatic rings. The van der Waals surface area contributed by atoms with Gasteiger partial charge >= 0.3 is 5.97 Å². The van der Waals surface area contributed by atoms with Gasteiger partial charge in [-0.1, -0.05) is 18.2 Å². The van der Waals surface area contributed by atoms with E-state index in [1.54, 1.807) is 6.92 Å². The molecule has 1 aromatic carbocycles. The Hall–Kier alpha value is -1.81. The molecule has 2 heterocycles. The highest BCUT2D eigenvalue weighted by molar-refractivity contribution is 5.93. The van der Waals surface area contributed by atoms with Gasteiger partial charge in [0, 0.05) is 35.1 Å². The highest BCUT2D eigenvalue weighted by Gasteiger charge is 2.41. The van der Waals surface area contributed by atoms with Crippen molar-refractivity contribution in [3.63, 3.8) is 0 Å². The van der Waals surface area contributed by atoms with Crippen LogP contribution in [-0.4, -0.2) is 22.6 Å². The van der Waals surface area contributed by atoms with Gasteiger partial charge < -0.3 is 10.1 Å². The molecule has 0 amide bonds. The number of aliphatic carboxylic acids is 1. The Balaban J connectivity index is 2.35. The minimum Gasteiger partial charge on any atom is -0.480 e. The first-order valence-corrected chi connectivity index (χ1v) is 5.71. The van der Waals surface area contributed by atoms with Gasteiger partial charge in [0.15, 0.2) is 0 Å². The first kappa shape index (κ1) is 10.4. The maximum absolute atomic E-state index is 11.5. The minimum absolute atomic E-state index is 0.683. The van der Waals surface area contributed by atoms with Crippen molar-refractivity contribution in [1.29, 1.82) is 0 Å². The molecule has 17 heavy (non-hydrogen) atoms. The van der Waals surface area contributed by atoms with Gasteiger partial charge in [0.25, 0.3) is 0 Å². The number of carbonyl (C=O) groups is 1. The molecule has 1 aromatic heterocycles. The van der Waals surface area contributed by atoms with E-state index in [4.69, 9.17) is 0 Å². The summed E-state index contributed by atoms with van der Waals surface area (Å²) < 4.78 is 0. The summed E-state index contributed by atoms with van der Waals surface area (Å²) in [6.45, 7) is 2.41. The number of nitrogens with one attached hydrogen (secondary N) is 2. The van der Waals surface area contributed by atoms with Crippen LogP contribution in [0.15, 0.2) is 24.3 Å². The summed E-state index contributed by atoms with van der Waals surface area (Å²) in [5, 5.41) is 13.6. The molecule has 3 N–H and O–H groups in total. The van der Waals surface area contributed by atoms with Crippen molar-refractivity contribution in [2.24, 2.45) is 0 Å². The fraction of sp³-hybridized carbons (Fsp3) is 0.308. The van der Waals surface area contributed by atoms with Crippen LogP contribution in [0, 0.1) is 0 Å². The number of rotatable bonds is 1. The van der Waals surface area contributed by atoms with Gasteiger partial charge in [-0.15, -0.1) is 0 Å². The van der Waals surface area contributed by atoms with Crippen molar-refractivity contribution in [3.05, 3.63) is 35.5 Å². The molecule has 1 unspecified atom stereocenters. The van der Waals surface area contributed by atoms with Crippen LogP contribution < -0.4 is 5.32 Å². The van der Waals surface area contributed by atoms with Crippen molar-refractivity contribution in [1.82, 2.24) is 10.3 Å². The normalized spacial score (nSPS) is 23.6. The van der Waals surface area contributed by atoms with Gasteiger partial charge in [-0.3, -0.25) is 5.32 Å². The quantitative estimate of drug-likeness (QED) is 0.697. The molecule has 0 saturated heterocycles. The van der Waals surface area contributed by atoms with Crippen LogP contribution in [0.1, 0.15) is 18.2 Å². The lowest BCUT2D eigenvalue weighted by Crippen LogP contribution is -2.50. The zero-order valence-electron chi connectivity index (χ0n) is 9.58. The first-order valence-electron chi connectivity index (χ1n) is 5.71. The standard InChI is InChI=1S/C13H14N2O2/c1-13(12(16)17)11-8-4-2-3-5-9(8)15-10(11)6-7-14-13/h2-5,14-15H,6-7H2,1H3,(H,16,17). The van der Waals surface area contributed by atoms with Gasteiger partial charge in [-0.05, 0) is 13.0 Å². The van der Waals surface area contributed by atoms with Crippen LogP contribution in [0.5, 0.6) is 0 Å². The average molecular weight is 230 g/mol. The predicted molar refractivity (Wildman–Crippen MR) is 65.0 cm³/mol. The lowest BCUT2D eigenvalue weighted by Gasteiger charge is -2.31. The number of carboxylic acids is 1. The van der Waals surface area contributed by atoms with Crippen molar-refractivity contribution in [2.45, 2.75) is 18.9 Å². The maximum Gasteiger partial charge on any atom is 0.328 e. The Morgan fingerprint density at radius 3 is 2.94 bits per heavy atom. The molecule has 0 saturated carbocycles. The maximum atomic E-state index is 11.5. The molecule has 1 aliphatic heterocycles. The van der Waals surface area contributed by atoms with Gasteiger partial charge in [-0.25, -0.2) is 4.79 Å². The van der Waals surface area contributed by atoms with Crippen LogP contribution in [0.3, 0.4) is 0 Å². The van der Waals surface area contributed by atoms with E-state index in [1.165, 1.54) is 0 Å². The average Bonchev–Trinajstić information content (AvgIpc) is 2.68.